The molecule has 0 saturated carbocycles. The van der Waals surface area contributed by atoms with Crippen LogP contribution in [-0.2, 0) is 16.0 Å². The molecule has 0 unspecified atom stereocenters. The highest BCUT2D eigenvalue weighted by Gasteiger charge is 2.31. The predicted octanol–water partition coefficient (Wildman–Crippen LogP) is 16.2. The number of H-pyrrole nitrogens is 2. The molecule has 4 saturated heterocycles. The average Bonchev–Trinajstić information content (AvgIpc) is 1.74. The molecule has 4 N–H and O–H groups in total. The fraction of sp³-hybridized carbons (Fsp3) is 0.400. The number of carbonyl (C=O) groups excluding carboxylic acids is 2. The van der Waals surface area contributed by atoms with Crippen molar-refractivity contribution in [1.82, 2.24) is 45.8 Å². The Balaban J connectivity index is 0.000000157. The van der Waals surface area contributed by atoms with Gasteiger partial charge in [0, 0.05) is 88.2 Å². The number of hydrogen-bond acceptors (Lipinski definition) is 20. The molecular weight excluding hydrogens is 1470 g/mol. The van der Waals surface area contributed by atoms with Crippen molar-refractivity contribution in [2.45, 2.75) is 109 Å². The van der Waals surface area contributed by atoms with Gasteiger partial charge in [-0.15, -0.1) is 37.3 Å². The first-order valence-corrected chi connectivity index (χ1v) is 36.9. The van der Waals surface area contributed by atoms with Crippen LogP contribution >= 0.6 is 128 Å². The normalized spacial score (nSPS) is 15.5. The number of hydrogen-bond donors (Lipinski definition) is 4. The van der Waals surface area contributed by atoms with Gasteiger partial charge in [-0.05, 0) is 156 Å². The molecular formula is C65H71Cl8N13O8S3. The number of nitrogens with one attached hydrogen (secondary N) is 2. The summed E-state index contributed by atoms with van der Waals surface area (Å²) in [6, 6.07) is 29.7. The zero-order valence-electron chi connectivity index (χ0n) is 53.0. The number of carboxylic acid groups (broad SMARTS) is 1. The maximum Gasteiger partial charge on any atom is 0.361 e. The Morgan fingerprint density at radius 3 is 1.24 bits per heavy atom. The van der Waals surface area contributed by atoms with Gasteiger partial charge in [-0.2, -0.15) is 10.4 Å². The van der Waals surface area contributed by atoms with Gasteiger partial charge in [0.25, 0.3) is 0 Å². The predicted molar refractivity (Wildman–Crippen MR) is 390 cm³/mol. The van der Waals surface area contributed by atoms with Gasteiger partial charge in [0.1, 0.15) is 10.8 Å². The average molecular weight is 1540 g/mol. The Bertz CT molecular complexity index is 3900. The third-order valence-electron chi connectivity index (χ3n) is 16.0. The number of methoxy groups -OCH3 is 1. The van der Waals surface area contributed by atoms with Crippen molar-refractivity contribution in [3.05, 3.63) is 160 Å². The highest BCUT2D eigenvalue weighted by Crippen LogP contribution is 2.40. The maximum atomic E-state index is 12.6. The molecule has 0 radical (unpaired) electrons. The number of carbonyl (C=O) groups is 3. The van der Waals surface area contributed by atoms with Crippen molar-refractivity contribution < 1.29 is 38.8 Å². The van der Waals surface area contributed by atoms with Gasteiger partial charge in [0.2, 0.25) is 17.1 Å². The third kappa shape index (κ3) is 21.4. The number of aliphatic hydroxyl groups is 1. The lowest BCUT2D eigenvalue weighted by Crippen LogP contribution is -2.35. The zero-order valence-corrected chi connectivity index (χ0v) is 61.5. The van der Waals surface area contributed by atoms with Gasteiger partial charge in [-0.25, -0.2) is 19.1 Å². The van der Waals surface area contributed by atoms with Crippen molar-refractivity contribution in [1.29, 1.82) is 0 Å². The van der Waals surface area contributed by atoms with E-state index in [4.69, 9.17) is 112 Å². The first-order valence-electron chi connectivity index (χ1n) is 31.2. The molecule has 0 atom stereocenters. The van der Waals surface area contributed by atoms with E-state index < -0.39 is 17.9 Å². The van der Waals surface area contributed by atoms with Gasteiger partial charge in [-0.3, -0.25) is 0 Å². The Kier molecular flexibility index (Phi) is 28.8. The van der Waals surface area contributed by atoms with Crippen molar-refractivity contribution in [2.24, 2.45) is 0 Å². The molecule has 97 heavy (non-hydrogen) atoms. The van der Waals surface area contributed by atoms with Crippen LogP contribution in [0.1, 0.15) is 102 Å². The smallest absolute Gasteiger partial charge is 0.361 e. The van der Waals surface area contributed by atoms with Crippen LogP contribution in [0.25, 0.3) is 0 Å². The molecule has 4 fully saturated rings. The van der Waals surface area contributed by atoms with Crippen LogP contribution < -0.4 is 24.3 Å². The van der Waals surface area contributed by atoms with E-state index in [9.17, 15) is 19.5 Å². The van der Waals surface area contributed by atoms with E-state index in [2.05, 4.69) is 60.7 Å². The minimum Gasteiger partial charge on any atom is -0.497 e. The molecule has 0 amide bonds. The molecule has 21 nitrogen and oxygen atoms in total. The van der Waals surface area contributed by atoms with Gasteiger partial charge >= 0.3 is 17.9 Å². The number of nitrogens with zero attached hydrogens (tertiary/aromatic N) is 11. The number of halogens is 8. The Labute approximate surface area is 615 Å². The lowest BCUT2D eigenvalue weighted by Gasteiger charge is -2.34. The van der Waals surface area contributed by atoms with E-state index in [1.807, 2.05) is 66.7 Å². The van der Waals surface area contributed by atoms with Crippen LogP contribution in [0, 0.1) is 0 Å². The third-order valence-corrected chi connectivity index (χ3v) is 22.3. The van der Waals surface area contributed by atoms with Crippen LogP contribution in [0.15, 0.2) is 112 Å². The van der Waals surface area contributed by atoms with Gasteiger partial charge in [-0.1, -0.05) is 134 Å². The highest BCUT2D eigenvalue weighted by molar-refractivity contribution is 8.00. The summed E-state index contributed by atoms with van der Waals surface area (Å²) < 4.78 is 17.3. The molecule has 518 valence electrons. The van der Waals surface area contributed by atoms with E-state index in [-0.39, 0.29) is 29.8 Å². The topological polar surface area (TPSA) is 246 Å². The van der Waals surface area contributed by atoms with Crippen LogP contribution in [0.4, 0.5) is 22.7 Å². The molecule has 0 spiro atoms. The number of aliphatic hydroxyl groups excluding tert-OH is 1. The number of aromatic nitrogens is 9. The van der Waals surface area contributed by atoms with Crippen molar-refractivity contribution >= 4 is 169 Å². The molecule has 5 aromatic carbocycles. The SMILES string of the molecule is CCOC(=O)c1n[nH]nc1SC1CCN(c2cc(Cl)ccc2Cl)CC1.CCOC(=O)c1nnn(Cc2ccc(OC)cc2)c1SC1CCN(c2cc(Cl)ccc2Cl)CC1.O=C(O)c1n[nH]nc1SC1CCN(c2cc(Cl)ccc2Cl)CC1.OC1CCN(c2cc(Cl)ccc2Cl)CC1. The molecule has 8 aromatic rings. The molecule has 0 aliphatic carbocycles. The molecule has 0 bridgehead atoms. The Morgan fingerprint density at radius 1 is 0.495 bits per heavy atom. The minimum absolute atomic E-state index is 0.0182. The largest absolute Gasteiger partial charge is 0.497 e. The van der Waals surface area contributed by atoms with Crippen molar-refractivity contribution in [3.63, 3.8) is 0 Å². The monoisotopic (exact) mass is 1540 g/mol. The molecule has 12 rings (SSSR count). The summed E-state index contributed by atoms with van der Waals surface area (Å²) in [5, 5.41) is 55.6. The van der Waals surface area contributed by atoms with Gasteiger partial charge in [0.05, 0.1) is 75.8 Å². The Hall–Kier alpha value is -5.74. The zero-order chi connectivity index (χ0) is 69.1. The highest BCUT2D eigenvalue weighted by atomic mass is 35.5. The number of piperidine rings is 4. The number of aromatic amines is 2. The van der Waals surface area contributed by atoms with Crippen molar-refractivity contribution in [3.8, 4) is 5.75 Å². The van der Waals surface area contributed by atoms with Gasteiger partial charge < -0.3 is 44.0 Å². The fourth-order valence-corrected chi connectivity index (χ4v) is 16.0. The molecule has 4 aliphatic rings. The molecule has 32 heteroatoms. The summed E-state index contributed by atoms with van der Waals surface area (Å²) in [5.41, 5.74) is 5.37. The fourth-order valence-electron chi connectivity index (χ4n) is 11.0. The van der Waals surface area contributed by atoms with E-state index in [1.54, 1.807) is 79.5 Å². The van der Waals surface area contributed by atoms with E-state index in [0.29, 0.717) is 74.1 Å². The summed E-state index contributed by atoms with van der Waals surface area (Å²) in [5.74, 6) is -1.17. The first kappa shape index (κ1) is 75.5. The number of anilines is 4. The van der Waals surface area contributed by atoms with Crippen molar-refractivity contribution in [2.75, 3.05) is 92.3 Å². The van der Waals surface area contributed by atoms with Crippen LogP contribution in [0.2, 0.25) is 40.2 Å². The summed E-state index contributed by atoms with van der Waals surface area (Å²) in [4.78, 5) is 44.4. The van der Waals surface area contributed by atoms with Gasteiger partial charge in [0.15, 0.2) is 10.1 Å². The lowest BCUT2D eigenvalue weighted by atomic mass is 10.1. The first-order chi connectivity index (χ1) is 46.8. The second-order valence-corrected chi connectivity index (χ2v) is 29.7. The van der Waals surface area contributed by atoms with Crippen LogP contribution in [0.3, 0.4) is 0 Å². The Morgan fingerprint density at radius 2 is 0.856 bits per heavy atom. The second-order valence-electron chi connectivity index (χ2n) is 22.5. The van der Waals surface area contributed by atoms with E-state index in [1.165, 1.54) is 11.8 Å². The van der Waals surface area contributed by atoms with E-state index in [0.717, 1.165) is 148 Å². The second kappa shape index (κ2) is 37.1. The number of ether oxygens (including phenoxy) is 3. The summed E-state index contributed by atoms with van der Waals surface area (Å²) in [6.45, 7) is 11.4. The summed E-state index contributed by atoms with van der Waals surface area (Å²) >= 11 is 53.9. The maximum absolute atomic E-state index is 12.6. The minimum atomic E-state index is -1.07. The lowest BCUT2D eigenvalue weighted by molar-refractivity contribution is 0.0505. The summed E-state index contributed by atoms with van der Waals surface area (Å²) in [6.07, 6.45) is 6.96. The van der Waals surface area contributed by atoms with E-state index >= 15 is 0 Å². The number of carboxylic acids is 1. The standard InChI is InChI=1S/C24H26Cl2N4O3S.C16H18Cl2N4O2S.C14H14Cl2N4O2S.C11H13Cl2NO/c1-3-33-24(31)22-23(30(28-27-22)15-16-4-7-18(32-2)8-5-16)34-19-10-12-29(13-11-19)21-14-17(25)6-9-20(21)26;1-2-24-16(23)14-15(20-21-19-14)25-11-5-7-22(8-6-11)13-9-10(17)3-4-12(13)18;15-8-1-2-10(16)11(7-8)20-5-3-9(4-6-20)23-13-12(14(21)22)17-19-18-13;12-8-1-2-10(13)11(7-8)14-5-3-9(15)4-6-14/h4-9,14,19H,3,10-13,15H2,1-2H3;3-4,9,11H,2,5-8H2,1H3,(H,19,20,21);1-2,7,9H,3-6H2,(H,21,22)(H,17,18,19);1-2,7,9,15H,3-6H2. The molecule has 3 aromatic heterocycles. The molecule has 4 aliphatic heterocycles. The quantitative estimate of drug-likeness (QED) is 0.0583. The van der Waals surface area contributed by atoms with Crippen LogP contribution in [0.5, 0.6) is 5.75 Å². The number of benzene rings is 5. The number of rotatable bonds is 18. The number of esters is 2. The summed E-state index contributed by atoms with van der Waals surface area (Å²) in [7, 11) is 1.64. The van der Waals surface area contributed by atoms with Crippen LogP contribution in [-0.4, -0.2) is 168 Å². The number of aromatic carboxylic acids is 1. The number of thioether (sulfide) groups is 3. The molecule has 7 heterocycles.